The number of rotatable bonds is 20. The summed E-state index contributed by atoms with van der Waals surface area (Å²) in [7, 11) is -41.0. The van der Waals surface area contributed by atoms with E-state index in [2.05, 4.69) is 35.7 Å². The number of fused-ring (bicyclic) bond motifs is 6. The van der Waals surface area contributed by atoms with Crippen molar-refractivity contribution in [1.82, 2.24) is 30.0 Å². The SMILES string of the molecule is O=S(=O)(O)c1cc(S(=O)(=O)O)c2ccc3nn(-c4ccc([N+]([O-])=Nc5ccc(/C=C/c6ccc(N=[N+]([O-])c7ccc(/C=C/c8ccc(N=[N+]([O-])c9ccc(-n%10nc%11ccc%12c(S(=O)(=O)O)cc(S(=O)(=O)O)cc%12c%11n%10)cc9)c(S(=O)(=O)O)c8)cc7S(=O)(=O)O)cc6S(=O)(=O)O)c(S(=O)(=O)O)c5)cc4)nc3c2c1. The van der Waals surface area contributed by atoms with Crippen LogP contribution in [0.5, 0.6) is 0 Å². The molecule has 12 rings (SSSR count). The molecule has 0 atom stereocenters. The lowest BCUT2D eigenvalue weighted by Gasteiger charge is -2.08. The predicted octanol–water partition coefficient (Wildman–Crippen LogP) is 9.55. The Morgan fingerprint density at radius 2 is 0.692 bits per heavy atom. The molecule has 550 valence electrons. The number of aromatic nitrogens is 6. The zero-order valence-corrected chi connectivity index (χ0v) is 59.0. The standard InChI is InChI=1S/C60H40N12O27S8/c73-70(41-15-11-39(12-16-41)68-63-50-22-19-45-47(59(50)66-68)29-43(100(76,77)78)31-55(45)104(88,89)90)61-37-9-7-35(53(27-37)102(82,83)84)5-6-36-8-10-38(28-54(36)103(85,86)87)62-72(75)52-24-4-34(26-58(52)107(97,98)99)2-1-33-3-21-49(57(25-33)106(94,95)96)65-71(74)42-17-13-40(14-18-42)69-64-51-23-20-46-48(60(51)67-69)30-44(101(79,80)81)32-56(46)105(91,92)93/h1-32H,(H,76,77,78)(H,79,80,81)(H,82,83,84)(H,85,86,87)(H,88,89,90)(H,91,92,93)(H,94,95,96)(H,97,98,99)/b2-1+,6-5+,70-61?,71-65?,72-62?. The average Bonchev–Trinajstić information content (AvgIpc) is 1.62. The van der Waals surface area contributed by atoms with Crippen molar-refractivity contribution in [2.75, 3.05) is 0 Å². The Labute approximate surface area is 600 Å². The van der Waals surface area contributed by atoms with Gasteiger partial charge in [0.15, 0.2) is 10.6 Å². The van der Waals surface area contributed by atoms with Gasteiger partial charge >= 0.3 is 10.1 Å². The van der Waals surface area contributed by atoms with Crippen LogP contribution < -0.4 is 0 Å². The summed E-state index contributed by atoms with van der Waals surface area (Å²) in [5.41, 5.74) is -3.35. The third kappa shape index (κ3) is 16.0. The van der Waals surface area contributed by atoms with Crippen molar-refractivity contribution in [3.05, 3.63) is 208 Å². The van der Waals surface area contributed by atoms with Gasteiger partial charge in [-0.15, -0.1) is 20.4 Å². The van der Waals surface area contributed by atoms with Crippen molar-refractivity contribution in [2.45, 2.75) is 39.2 Å². The second kappa shape index (κ2) is 27.1. The number of azo groups is 3. The molecule has 0 saturated heterocycles. The summed E-state index contributed by atoms with van der Waals surface area (Å²) in [6.45, 7) is 0. The third-order valence-electron chi connectivity index (χ3n) is 15.4. The van der Waals surface area contributed by atoms with Gasteiger partial charge in [0.05, 0.1) is 21.2 Å². The van der Waals surface area contributed by atoms with Crippen LogP contribution in [0.3, 0.4) is 0 Å². The minimum Gasteiger partial charge on any atom is -0.594 e. The minimum absolute atomic E-state index is 0.0243. The molecule has 0 saturated carbocycles. The molecule has 39 nitrogen and oxygen atoms in total. The Hall–Kier alpha value is -11.5. The van der Waals surface area contributed by atoms with Crippen molar-refractivity contribution < 1.29 is 118 Å². The quantitative estimate of drug-likeness (QED) is 0.0116. The van der Waals surface area contributed by atoms with Gasteiger partial charge in [-0.3, -0.25) is 36.4 Å². The molecule has 0 radical (unpaired) electrons. The first-order valence-electron chi connectivity index (χ1n) is 28.9. The normalized spacial score (nSPS) is 13.7. The van der Waals surface area contributed by atoms with Crippen molar-refractivity contribution >= 4 is 183 Å². The molecule has 47 heteroatoms. The fraction of sp³-hybridized carbons (Fsp3) is 0. The maximum Gasteiger partial charge on any atom is 0.301 e. The van der Waals surface area contributed by atoms with E-state index in [1.165, 1.54) is 84.9 Å². The highest BCUT2D eigenvalue weighted by molar-refractivity contribution is 7.88. The van der Waals surface area contributed by atoms with E-state index >= 15 is 0 Å². The van der Waals surface area contributed by atoms with Crippen molar-refractivity contribution in [3.63, 3.8) is 0 Å². The Bertz CT molecular complexity index is 7020. The van der Waals surface area contributed by atoms with Gasteiger partial charge in [-0.2, -0.15) is 76.9 Å². The summed E-state index contributed by atoms with van der Waals surface area (Å²) in [5.74, 6) is 0. The van der Waals surface area contributed by atoms with Gasteiger partial charge in [-0.1, -0.05) is 64.4 Å². The van der Waals surface area contributed by atoms with E-state index in [-0.39, 0.29) is 103 Å². The predicted molar refractivity (Wildman–Crippen MR) is 371 cm³/mol. The molecule has 0 aliphatic rings. The fourth-order valence-electron chi connectivity index (χ4n) is 10.6. The molecule has 10 aromatic carbocycles. The molecule has 0 aliphatic carbocycles. The smallest absolute Gasteiger partial charge is 0.301 e. The van der Waals surface area contributed by atoms with Crippen LogP contribution in [0.4, 0.5) is 34.1 Å². The van der Waals surface area contributed by atoms with Crippen LogP contribution in [0.2, 0.25) is 0 Å². The van der Waals surface area contributed by atoms with E-state index in [1.807, 2.05) is 0 Å². The summed E-state index contributed by atoms with van der Waals surface area (Å²) in [6.07, 6.45) is 4.23. The molecule has 8 N–H and O–H groups in total. The number of hydrogen-bond donors (Lipinski definition) is 8. The average molecular weight is 1620 g/mol. The van der Waals surface area contributed by atoms with Crippen LogP contribution in [0.15, 0.2) is 224 Å². The van der Waals surface area contributed by atoms with Crippen molar-refractivity contribution in [2.24, 2.45) is 15.3 Å². The molecule has 12 aromatic rings. The molecule has 0 fully saturated rings. The Kier molecular flexibility index (Phi) is 19.1. The summed E-state index contributed by atoms with van der Waals surface area (Å²) in [6, 6.07) is 29.3. The molecule has 107 heavy (non-hydrogen) atoms. The molecule has 0 bridgehead atoms. The van der Waals surface area contributed by atoms with Crippen LogP contribution in [0.1, 0.15) is 22.3 Å². The van der Waals surface area contributed by atoms with E-state index < -0.39 is 143 Å². The number of hydrogen-bond acceptors (Lipinski definition) is 26. The maximum absolute atomic E-state index is 13.6. The van der Waals surface area contributed by atoms with Gasteiger partial charge in [0, 0.05) is 67.2 Å². The van der Waals surface area contributed by atoms with E-state index in [0.717, 1.165) is 101 Å². The Morgan fingerprint density at radius 1 is 0.318 bits per heavy atom. The largest absolute Gasteiger partial charge is 0.594 e. The Balaban J connectivity index is 0.752. The van der Waals surface area contributed by atoms with Gasteiger partial charge in [0.1, 0.15) is 57.9 Å². The summed E-state index contributed by atoms with van der Waals surface area (Å²) in [4.78, 5) is -5.59. The summed E-state index contributed by atoms with van der Waals surface area (Å²) < 4.78 is 278. The number of benzene rings is 10. The molecule has 0 aliphatic heterocycles. The lowest BCUT2D eigenvalue weighted by Crippen LogP contribution is -2.04. The molecule has 2 aromatic heterocycles. The Morgan fingerprint density at radius 3 is 1.08 bits per heavy atom. The lowest BCUT2D eigenvalue weighted by atomic mass is 10.1. The summed E-state index contributed by atoms with van der Waals surface area (Å²) >= 11 is 0. The fourth-order valence-corrected chi connectivity index (χ4v) is 16.0. The number of nitrogens with zero attached hydrogens (tertiary/aromatic N) is 12. The van der Waals surface area contributed by atoms with Crippen LogP contribution in [0, 0.1) is 15.6 Å². The second-order valence-corrected chi connectivity index (χ2v) is 33.6. The maximum atomic E-state index is 13.6. The van der Waals surface area contributed by atoms with E-state index in [4.69, 9.17) is 0 Å². The van der Waals surface area contributed by atoms with Gasteiger partial charge in [-0.05, 0) is 136 Å². The molecule has 0 unspecified atom stereocenters. The van der Waals surface area contributed by atoms with Crippen LogP contribution in [-0.4, -0.2) is 148 Å². The highest BCUT2D eigenvalue weighted by atomic mass is 32.2. The van der Waals surface area contributed by atoms with Gasteiger partial charge in [-0.25, -0.2) is 0 Å². The van der Waals surface area contributed by atoms with Crippen LogP contribution in [-0.2, 0) is 80.9 Å². The first-order valence-corrected chi connectivity index (χ1v) is 40.5. The van der Waals surface area contributed by atoms with E-state index in [0.29, 0.717) is 18.2 Å². The van der Waals surface area contributed by atoms with Gasteiger partial charge in [0.25, 0.3) is 76.5 Å². The minimum atomic E-state index is -5.33. The first kappa shape index (κ1) is 75.2. The lowest BCUT2D eigenvalue weighted by molar-refractivity contribution is -0.438. The van der Waals surface area contributed by atoms with E-state index in [9.17, 15) is 119 Å². The molecule has 0 amide bonds. The van der Waals surface area contributed by atoms with Gasteiger partial charge < -0.3 is 15.6 Å². The van der Waals surface area contributed by atoms with Crippen LogP contribution in [0.25, 0.3) is 79.3 Å². The van der Waals surface area contributed by atoms with E-state index in [1.54, 1.807) is 0 Å². The highest BCUT2D eigenvalue weighted by Gasteiger charge is 2.29. The molecule has 0 spiro atoms. The monoisotopic (exact) mass is 1620 g/mol. The molecule has 2 heterocycles. The first-order chi connectivity index (χ1) is 49.8. The topological polar surface area (TPSA) is 612 Å². The highest BCUT2D eigenvalue weighted by Crippen LogP contribution is 2.37. The van der Waals surface area contributed by atoms with Crippen molar-refractivity contribution in [3.8, 4) is 11.4 Å². The zero-order chi connectivity index (χ0) is 77.6. The second-order valence-electron chi connectivity index (χ2n) is 22.4. The van der Waals surface area contributed by atoms with Crippen molar-refractivity contribution in [1.29, 1.82) is 0 Å². The summed E-state index contributed by atoms with van der Waals surface area (Å²) in [5, 5.41) is 68.0. The third-order valence-corrected chi connectivity index (χ3v) is 22.4. The zero-order valence-electron chi connectivity index (χ0n) is 52.4. The van der Waals surface area contributed by atoms with Crippen LogP contribution >= 0.6 is 0 Å². The molecular weight excluding hydrogens is 1580 g/mol. The molecular formula is C60H40N12O27S8. The van der Waals surface area contributed by atoms with Gasteiger partial charge in [0.2, 0.25) is 11.4 Å².